The zero-order valence-corrected chi connectivity index (χ0v) is 9.81. The molecule has 0 amide bonds. The monoisotopic (exact) mass is 189 g/mol. The molecule has 1 heterocycles. The maximum Gasteiger partial charge on any atom is 0.0432 e. The van der Waals surface area contributed by atoms with Gasteiger partial charge in [-0.25, -0.2) is 0 Å². The summed E-state index contributed by atoms with van der Waals surface area (Å²) >= 11 is 0. The van der Waals surface area contributed by atoms with Crippen LogP contribution in [-0.4, -0.2) is 13.6 Å². The lowest BCUT2D eigenvalue weighted by Crippen LogP contribution is -2.25. The van der Waals surface area contributed by atoms with Crippen molar-refractivity contribution in [2.75, 3.05) is 18.5 Å². The first-order valence-corrected chi connectivity index (χ1v) is 5.25. The Hall–Kier alpha value is -0.980. The van der Waals surface area contributed by atoms with Crippen molar-refractivity contribution in [3.63, 3.8) is 0 Å². The SMILES string of the molecule is Cc1cc(C)c2c(c1)C(C)(C)CN2C. The summed E-state index contributed by atoms with van der Waals surface area (Å²) in [6, 6.07) is 4.61. The van der Waals surface area contributed by atoms with Gasteiger partial charge in [0.05, 0.1) is 0 Å². The van der Waals surface area contributed by atoms with E-state index < -0.39 is 0 Å². The zero-order valence-electron chi connectivity index (χ0n) is 9.81. The minimum absolute atomic E-state index is 0.306. The van der Waals surface area contributed by atoms with Crippen LogP contribution in [0.3, 0.4) is 0 Å². The predicted octanol–water partition coefficient (Wildman–Crippen LogP) is 3.03. The Morgan fingerprint density at radius 3 is 2.50 bits per heavy atom. The van der Waals surface area contributed by atoms with E-state index >= 15 is 0 Å². The molecule has 0 fully saturated rings. The molecule has 1 heteroatoms. The van der Waals surface area contributed by atoms with Gasteiger partial charge < -0.3 is 4.90 Å². The molecule has 1 nitrogen and oxygen atoms in total. The molecule has 0 bridgehead atoms. The molecule has 0 aliphatic carbocycles. The van der Waals surface area contributed by atoms with Gasteiger partial charge in [-0.05, 0) is 25.0 Å². The highest BCUT2D eigenvalue weighted by molar-refractivity contribution is 5.67. The van der Waals surface area contributed by atoms with Gasteiger partial charge in [-0.2, -0.15) is 0 Å². The Kier molecular flexibility index (Phi) is 1.88. The quantitative estimate of drug-likeness (QED) is 0.606. The summed E-state index contributed by atoms with van der Waals surface area (Å²) in [5.74, 6) is 0. The third-order valence-corrected chi connectivity index (χ3v) is 3.19. The number of aryl methyl sites for hydroxylation is 2. The first-order valence-electron chi connectivity index (χ1n) is 5.25. The molecule has 0 atom stereocenters. The molecule has 1 aliphatic heterocycles. The molecule has 2 rings (SSSR count). The van der Waals surface area contributed by atoms with E-state index in [1.165, 1.54) is 22.4 Å². The number of rotatable bonds is 0. The number of benzene rings is 1. The molecule has 1 aliphatic rings. The molecule has 0 N–H and O–H groups in total. The first-order chi connectivity index (χ1) is 6.42. The van der Waals surface area contributed by atoms with Crippen molar-refractivity contribution in [2.45, 2.75) is 33.1 Å². The van der Waals surface area contributed by atoms with E-state index in [-0.39, 0.29) is 0 Å². The molecule has 0 saturated carbocycles. The molecular weight excluding hydrogens is 170 g/mol. The number of likely N-dealkylation sites (N-methyl/N-ethyl adjacent to an activating group) is 1. The Bertz CT molecular complexity index is 377. The fraction of sp³-hybridized carbons (Fsp3) is 0.538. The van der Waals surface area contributed by atoms with E-state index in [1.54, 1.807) is 0 Å². The van der Waals surface area contributed by atoms with Gasteiger partial charge in [-0.15, -0.1) is 0 Å². The second-order valence-electron chi connectivity index (χ2n) is 5.22. The fourth-order valence-electron chi connectivity index (χ4n) is 2.74. The van der Waals surface area contributed by atoms with Crippen molar-refractivity contribution >= 4 is 5.69 Å². The van der Waals surface area contributed by atoms with Crippen LogP contribution in [0.1, 0.15) is 30.5 Å². The van der Waals surface area contributed by atoms with Crippen LogP contribution in [-0.2, 0) is 5.41 Å². The number of anilines is 1. The highest BCUT2D eigenvalue weighted by Crippen LogP contribution is 2.41. The average molecular weight is 189 g/mol. The molecular formula is C13H19N. The third-order valence-electron chi connectivity index (χ3n) is 3.19. The number of hydrogen-bond acceptors (Lipinski definition) is 1. The lowest BCUT2D eigenvalue weighted by molar-refractivity contribution is 0.563. The van der Waals surface area contributed by atoms with Crippen LogP contribution in [0.4, 0.5) is 5.69 Å². The average Bonchev–Trinajstić information content (AvgIpc) is 2.21. The molecule has 1 aromatic rings. The smallest absolute Gasteiger partial charge is 0.0432 e. The third kappa shape index (κ3) is 1.23. The van der Waals surface area contributed by atoms with Crippen LogP contribution in [0.5, 0.6) is 0 Å². The van der Waals surface area contributed by atoms with Gasteiger partial charge in [-0.1, -0.05) is 31.5 Å². The van der Waals surface area contributed by atoms with Crippen LogP contribution < -0.4 is 4.90 Å². The van der Waals surface area contributed by atoms with Gasteiger partial charge >= 0.3 is 0 Å². The highest BCUT2D eigenvalue weighted by Gasteiger charge is 2.34. The van der Waals surface area contributed by atoms with Gasteiger partial charge in [0, 0.05) is 24.7 Å². The molecule has 0 saturated heterocycles. The summed E-state index contributed by atoms with van der Waals surface area (Å²) in [4.78, 5) is 2.38. The normalized spacial score (nSPS) is 18.5. The Morgan fingerprint density at radius 2 is 1.86 bits per heavy atom. The van der Waals surface area contributed by atoms with Gasteiger partial charge in [-0.3, -0.25) is 0 Å². The summed E-state index contributed by atoms with van der Waals surface area (Å²) in [5.41, 5.74) is 6.05. The van der Waals surface area contributed by atoms with Gasteiger partial charge in [0.15, 0.2) is 0 Å². The number of hydrogen-bond donors (Lipinski definition) is 0. The van der Waals surface area contributed by atoms with Gasteiger partial charge in [0.25, 0.3) is 0 Å². The fourth-order valence-corrected chi connectivity index (χ4v) is 2.74. The van der Waals surface area contributed by atoms with Gasteiger partial charge in [0.1, 0.15) is 0 Å². The standard InChI is InChI=1S/C13H19N/c1-9-6-10(2)12-11(7-9)13(3,4)8-14(12)5/h6-7H,8H2,1-5H3. The summed E-state index contributed by atoms with van der Waals surface area (Å²) < 4.78 is 0. The number of nitrogens with zero attached hydrogens (tertiary/aromatic N) is 1. The Balaban J connectivity index is 2.69. The Morgan fingerprint density at radius 1 is 1.21 bits per heavy atom. The minimum atomic E-state index is 0.306. The molecule has 0 radical (unpaired) electrons. The van der Waals surface area contributed by atoms with E-state index in [0.717, 1.165) is 6.54 Å². The summed E-state index contributed by atoms with van der Waals surface area (Å²) in [6.45, 7) is 10.2. The maximum atomic E-state index is 2.38. The lowest BCUT2D eigenvalue weighted by Gasteiger charge is -2.18. The van der Waals surface area contributed by atoms with Crippen LogP contribution in [0, 0.1) is 13.8 Å². The van der Waals surface area contributed by atoms with Crippen LogP contribution in [0.25, 0.3) is 0 Å². The largest absolute Gasteiger partial charge is 0.373 e. The predicted molar refractivity (Wildman–Crippen MR) is 62.2 cm³/mol. The second kappa shape index (κ2) is 2.75. The van der Waals surface area contributed by atoms with Crippen molar-refractivity contribution in [3.05, 3.63) is 28.8 Å². The summed E-state index contributed by atoms with van der Waals surface area (Å²) in [6.07, 6.45) is 0. The molecule has 1 aromatic carbocycles. The van der Waals surface area contributed by atoms with Gasteiger partial charge in [0.2, 0.25) is 0 Å². The van der Waals surface area contributed by atoms with Crippen LogP contribution in [0.15, 0.2) is 12.1 Å². The van der Waals surface area contributed by atoms with E-state index in [0.29, 0.717) is 5.41 Å². The van der Waals surface area contributed by atoms with E-state index in [1.807, 2.05) is 0 Å². The van der Waals surface area contributed by atoms with E-state index in [4.69, 9.17) is 0 Å². The van der Waals surface area contributed by atoms with Crippen molar-refractivity contribution in [2.24, 2.45) is 0 Å². The van der Waals surface area contributed by atoms with E-state index in [9.17, 15) is 0 Å². The second-order valence-corrected chi connectivity index (χ2v) is 5.22. The van der Waals surface area contributed by atoms with Crippen LogP contribution >= 0.6 is 0 Å². The molecule has 0 aromatic heterocycles. The van der Waals surface area contributed by atoms with Crippen molar-refractivity contribution in [3.8, 4) is 0 Å². The molecule has 76 valence electrons. The molecule has 0 spiro atoms. The minimum Gasteiger partial charge on any atom is -0.373 e. The van der Waals surface area contributed by atoms with Crippen molar-refractivity contribution in [1.82, 2.24) is 0 Å². The summed E-state index contributed by atoms with van der Waals surface area (Å²) in [5, 5.41) is 0. The highest BCUT2D eigenvalue weighted by atomic mass is 15.1. The maximum absolute atomic E-state index is 2.38. The van der Waals surface area contributed by atoms with E-state index in [2.05, 4.69) is 51.8 Å². The first kappa shape index (κ1) is 9.57. The molecule has 14 heavy (non-hydrogen) atoms. The van der Waals surface area contributed by atoms with Crippen molar-refractivity contribution < 1.29 is 0 Å². The van der Waals surface area contributed by atoms with Crippen LogP contribution in [0.2, 0.25) is 0 Å². The summed E-state index contributed by atoms with van der Waals surface area (Å²) in [7, 11) is 2.19. The van der Waals surface area contributed by atoms with Crippen molar-refractivity contribution in [1.29, 1.82) is 0 Å². The number of fused-ring (bicyclic) bond motifs is 1. The zero-order chi connectivity index (χ0) is 10.5. The Labute approximate surface area is 86.7 Å². The molecule has 0 unspecified atom stereocenters. The topological polar surface area (TPSA) is 3.24 Å². The lowest BCUT2D eigenvalue weighted by atomic mass is 9.85.